The normalized spacial score (nSPS) is 12.2. The molecule has 0 heterocycles. The average Bonchev–Trinajstić information content (AvgIpc) is 2.03. The van der Waals surface area contributed by atoms with Gasteiger partial charge < -0.3 is 4.74 Å². The van der Waals surface area contributed by atoms with Gasteiger partial charge in [-0.15, -0.1) is 0 Å². The van der Waals surface area contributed by atoms with Gasteiger partial charge in [0, 0.05) is 6.42 Å². The number of carbonyl (C=O) groups excluding carboxylic acids is 2. The lowest BCUT2D eigenvalue weighted by Crippen LogP contribution is -2.15. The van der Waals surface area contributed by atoms with Gasteiger partial charge in [-0.05, 0) is 5.75 Å². The fourth-order valence-corrected chi connectivity index (χ4v) is 1.44. The number of carbonyl (C=O) groups is 2. The van der Waals surface area contributed by atoms with Crippen LogP contribution in [0.15, 0.2) is 0 Å². The monoisotopic (exact) mass is 190 g/mol. The van der Waals surface area contributed by atoms with Crippen molar-refractivity contribution in [1.82, 2.24) is 0 Å². The molecule has 0 aliphatic heterocycles. The molecule has 0 saturated carbocycles. The predicted molar refractivity (Wildman–Crippen MR) is 48.9 cm³/mol. The highest BCUT2D eigenvalue weighted by atomic mass is 32.2. The van der Waals surface area contributed by atoms with Crippen LogP contribution in [0.5, 0.6) is 0 Å². The van der Waals surface area contributed by atoms with Crippen LogP contribution in [0.2, 0.25) is 0 Å². The van der Waals surface area contributed by atoms with E-state index in [1.165, 1.54) is 18.9 Å². The van der Waals surface area contributed by atoms with Crippen molar-refractivity contribution in [2.24, 2.45) is 5.92 Å². The van der Waals surface area contributed by atoms with Crippen molar-refractivity contribution in [3.05, 3.63) is 0 Å². The molecule has 0 spiro atoms. The maximum absolute atomic E-state index is 11.0. The number of rotatable bonds is 4. The molecule has 0 radical (unpaired) electrons. The van der Waals surface area contributed by atoms with Gasteiger partial charge in [-0.2, -0.15) is 0 Å². The van der Waals surface area contributed by atoms with Crippen LogP contribution in [-0.4, -0.2) is 23.9 Å². The van der Waals surface area contributed by atoms with Gasteiger partial charge in [-0.25, -0.2) is 0 Å². The topological polar surface area (TPSA) is 43.4 Å². The van der Waals surface area contributed by atoms with E-state index in [4.69, 9.17) is 0 Å². The summed E-state index contributed by atoms with van der Waals surface area (Å²) < 4.78 is 4.49. The molecular weight excluding hydrogens is 176 g/mol. The lowest BCUT2D eigenvalue weighted by Gasteiger charge is -2.06. The van der Waals surface area contributed by atoms with Gasteiger partial charge in [0.05, 0.1) is 13.0 Å². The third-order valence-corrected chi connectivity index (χ3v) is 2.16. The molecule has 3 nitrogen and oxygen atoms in total. The van der Waals surface area contributed by atoms with Gasteiger partial charge in [0.2, 0.25) is 0 Å². The van der Waals surface area contributed by atoms with Gasteiger partial charge in [0.25, 0.3) is 0 Å². The molecule has 0 aromatic rings. The molecule has 0 aliphatic carbocycles. The van der Waals surface area contributed by atoms with E-state index in [0.29, 0.717) is 0 Å². The van der Waals surface area contributed by atoms with Crippen molar-refractivity contribution in [2.45, 2.75) is 20.3 Å². The van der Waals surface area contributed by atoms with Crippen LogP contribution in [0, 0.1) is 5.92 Å². The highest BCUT2D eigenvalue weighted by molar-refractivity contribution is 8.13. The summed E-state index contributed by atoms with van der Waals surface area (Å²) in [6.07, 6.45) is 0.269. The first-order chi connectivity index (χ1) is 5.61. The van der Waals surface area contributed by atoms with Crippen molar-refractivity contribution in [3.63, 3.8) is 0 Å². The summed E-state index contributed by atoms with van der Waals surface area (Å²) in [7, 11) is 1.33. The van der Waals surface area contributed by atoms with Crippen molar-refractivity contribution in [2.75, 3.05) is 12.9 Å². The van der Waals surface area contributed by atoms with E-state index >= 15 is 0 Å². The van der Waals surface area contributed by atoms with Crippen molar-refractivity contribution < 1.29 is 14.3 Å². The maximum Gasteiger partial charge on any atom is 0.308 e. The molecule has 70 valence electrons. The fourth-order valence-electron chi connectivity index (χ4n) is 0.754. The Kier molecular flexibility index (Phi) is 5.80. The van der Waals surface area contributed by atoms with Gasteiger partial charge in [-0.1, -0.05) is 25.6 Å². The van der Waals surface area contributed by atoms with Crippen LogP contribution < -0.4 is 0 Å². The SMILES string of the molecule is CCSC(=O)CC(C)C(=O)OC. The quantitative estimate of drug-likeness (QED) is 0.629. The summed E-state index contributed by atoms with van der Waals surface area (Å²) in [5.41, 5.74) is 0. The Labute approximate surface area is 76.9 Å². The van der Waals surface area contributed by atoms with Crippen molar-refractivity contribution >= 4 is 22.8 Å². The van der Waals surface area contributed by atoms with E-state index in [1.807, 2.05) is 6.92 Å². The van der Waals surface area contributed by atoms with E-state index in [2.05, 4.69) is 4.74 Å². The van der Waals surface area contributed by atoms with Crippen LogP contribution in [0.3, 0.4) is 0 Å². The third kappa shape index (κ3) is 4.38. The molecule has 0 aromatic heterocycles. The molecular formula is C8H14O3S. The Bertz CT molecular complexity index is 168. The largest absolute Gasteiger partial charge is 0.469 e. The van der Waals surface area contributed by atoms with E-state index in [9.17, 15) is 9.59 Å². The molecule has 0 aromatic carbocycles. The molecule has 12 heavy (non-hydrogen) atoms. The maximum atomic E-state index is 11.0. The number of hydrogen-bond acceptors (Lipinski definition) is 4. The van der Waals surface area contributed by atoms with Gasteiger partial charge in [-0.3, -0.25) is 9.59 Å². The fraction of sp³-hybridized carbons (Fsp3) is 0.750. The first-order valence-corrected chi connectivity index (χ1v) is 4.83. The zero-order valence-electron chi connectivity index (χ0n) is 7.62. The standard InChI is InChI=1S/C8H14O3S/c1-4-12-7(9)5-6(2)8(10)11-3/h6H,4-5H2,1-3H3. The van der Waals surface area contributed by atoms with Crippen molar-refractivity contribution in [3.8, 4) is 0 Å². The molecule has 0 bridgehead atoms. The van der Waals surface area contributed by atoms with E-state index in [0.717, 1.165) is 5.75 Å². The first kappa shape index (κ1) is 11.5. The number of methoxy groups -OCH3 is 1. The van der Waals surface area contributed by atoms with E-state index < -0.39 is 0 Å². The molecule has 0 amide bonds. The summed E-state index contributed by atoms with van der Waals surface area (Å²) in [5, 5.41) is 0.0513. The molecule has 0 fully saturated rings. The van der Waals surface area contributed by atoms with Crippen LogP contribution in [0.25, 0.3) is 0 Å². The number of esters is 1. The smallest absolute Gasteiger partial charge is 0.308 e. The molecule has 4 heteroatoms. The van der Waals surface area contributed by atoms with Gasteiger partial charge in [0.15, 0.2) is 5.12 Å². The Morgan fingerprint density at radius 3 is 2.50 bits per heavy atom. The Morgan fingerprint density at radius 1 is 1.50 bits per heavy atom. The summed E-state index contributed by atoms with van der Waals surface area (Å²) >= 11 is 1.24. The summed E-state index contributed by atoms with van der Waals surface area (Å²) in [5.74, 6) is 0.119. The minimum absolute atomic E-state index is 0.0513. The zero-order valence-corrected chi connectivity index (χ0v) is 8.44. The second kappa shape index (κ2) is 6.06. The molecule has 0 N–H and O–H groups in total. The van der Waals surface area contributed by atoms with Gasteiger partial charge >= 0.3 is 5.97 Å². The minimum Gasteiger partial charge on any atom is -0.469 e. The lowest BCUT2D eigenvalue weighted by atomic mass is 10.1. The Morgan fingerprint density at radius 2 is 2.08 bits per heavy atom. The molecule has 0 aliphatic rings. The Balaban J connectivity index is 3.75. The summed E-state index contributed by atoms with van der Waals surface area (Å²) in [4.78, 5) is 21.9. The predicted octanol–water partition coefficient (Wildman–Crippen LogP) is 1.47. The molecule has 1 atom stereocenters. The van der Waals surface area contributed by atoms with E-state index in [-0.39, 0.29) is 23.4 Å². The average molecular weight is 190 g/mol. The third-order valence-electron chi connectivity index (χ3n) is 1.38. The second-order valence-electron chi connectivity index (χ2n) is 2.43. The first-order valence-electron chi connectivity index (χ1n) is 3.85. The second-order valence-corrected chi connectivity index (χ2v) is 3.75. The highest BCUT2D eigenvalue weighted by Gasteiger charge is 2.16. The van der Waals surface area contributed by atoms with Crippen LogP contribution in [0.4, 0.5) is 0 Å². The number of ether oxygens (including phenoxy) is 1. The van der Waals surface area contributed by atoms with Crippen molar-refractivity contribution in [1.29, 1.82) is 0 Å². The van der Waals surface area contributed by atoms with Crippen LogP contribution >= 0.6 is 11.8 Å². The minimum atomic E-state index is -0.319. The van der Waals surface area contributed by atoms with E-state index in [1.54, 1.807) is 6.92 Å². The molecule has 0 saturated heterocycles. The summed E-state index contributed by atoms with van der Waals surface area (Å²) in [6.45, 7) is 3.60. The number of hydrogen-bond donors (Lipinski definition) is 0. The number of thioether (sulfide) groups is 1. The highest BCUT2D eigenvalue weighted by Crippen LogP contribution is 2.12. The zero-order chi connectivity index (χ0) is 9.56. The molecule has 0 rings (SSSR count). The Hall–Kier alpha value is -0.510. The van der Waals surface area contributed by atoms with Gasteiger partial charge in [0.1, 0.15) is 0 Å². The van der Waals surface area contributed by atoms with Crippen LogP contribution in [-0.2, 0) is 14.3 Å². The van der Waals surface area contributed by atoms with Crippen LogP contribution in [0.1, 0.15) is 20.3 Å². The molecule has 1 unspecified atom stereocenters. The lowest BCUT2D eigenvalue weighted by molar-refractivity contribution is -0.145. The summed E-state index contributed by atoms with van der Waals surface area (Å²) in [6, 6.07) is 0.